The smallest absolute Gasteiger partial charge is 0.230 e. The van der Waals surface area contributed by atoms with Crippen molar-refractivity contribution in [1.82, 2.24) is 20.1 Å². The van der Waals surface area contributed by atoms with E-state index in [9.17, 15) is 4.79 Å². The third-order valence-corrected chi connectivity index (χ3v) is 5.38. The summed E-state index contributed by atoms with van der Waals surface area (Å²) in [5, 5.41) is 11.6. The standard InChI is InChI=1S/C14H22N4O2S/c1-18-10-15-17-13(18)21-9-12(19)16-11-7-14(20-8-11)5-3-2-4-6-14/h10-11H,2-9H2,1H3,(H,16,19). The summed E-state index contributed by atoms with van der Waals surface area (Å²) in [5.74, 6) is 0.417. The molecule has 0 aromatic carbocycles. The fourth-order valence-corrected chi connectivity index (χ4v) is 3.98. The van der Waals surface area contributed by atoms with E-state index in [4.69, 9.17) is 4.74 Å². The molecule has 1 saturated heterocycles. The number of aryl methyl sites for hydroxylation is 1. The SMILES string of the molecule is Cn1cnnc1SCC(=O)NC1COC2(CCCCC2)C1. The first-order chi connectivity index (χ1) is 10.2. The summed E-state index contributed by atoms with van der Waals surface area (Å²) in [6.07, 6.45) is 8.72. The van der Waals surface area contributed by atoms with Gasteiger partial charge in [0, 0.05) is 7.05 Å². The zero-order chi connectivity index (χ0) is 14.7. The van der Waals surface area contributed by atoms with Crippen LogP contribution in [-0.4, -0.2) is 44.7 Å². The van der Waals surface area contributed by atoms with Gasteiger partial charge in [-0.3, -0.25) is 4.79 Å². The summed E-state index contributed by atoms with van der Waals surface area (Å²) < 4.78 is 7.83. The maximum absolute atomic E-state index is 12.0. The van der Waals surface area contributed by atoms with Crippen molar-refractivity contribution in [1.29, 1.82) is 0 Å². The first-order valence-electron chi connectivity index (χ1n) is 7.57. The Morgan fingerprint density at radius 1 is 1.52 bits per heavy atom. The van der Waals surface area contributed by atoms with E-state index < -0.39 is 0 Å². The molecule has 21 heavy (non-hydrogen) atoms. The number of nitrogens with one attached hydrogen (secondary N) is 1. The normalized spacial score (nSPS) is 24.3. The van der Waals surface area contributed by atoms with Crippen LogP contribution in [0.5, 0.6) is 0 Å². The molecule has 1 aliphatic heterocycles. The van der Waals surface area contributed by atoms with E-state index in [-0.39, 0.29) is 17.6 Å². The molecule has 1 aromatic heterocycles. The molecule has 116 valence electrons. The maximum Gasteiger partial charge on any atom is 0.230 e. The molecule has 2 aliphatic rings. The maximum atomic E-state index is 12.0. The van der Waals surface area contributed by atoms with Crippen molar-refractivity contribution in [2.75, 3.05) is 12.4 Å². The van der Waals surface area contributed by atoms with Crippen LogP contribution in [0.1, 0.15) is 38.5 Å². The van der Waals surface area contributed by atoms with Gasteiger partial charge in [-0.25, -0.2) is 0 Å². The summed E-state index contributed by atoms with van der Waals surface area (Å²) in [5.41, 5.74) is 0.0485. The predicted octanol–water partition coefficient (Wildman–Crippen LogP) is 1.52. The number of rotatable bonds is 4. The molecule has 0 radical (unpaired) electrons. The van der Waals surface area contributed by atoms with Crippen LogP contribution < -0.4 is 5.32 Å². The lowest BCUT2D eigenvalue weighted by atomic mass is 9.82. The first kappa shape index (κ1) is 14.8. The second-order valence-electron chi connectivity index (χ2n) is 6.04. The molecular weight excluding hydrogens is 288 g/mol. The summed E-state index contributed by atoms with van der Waals surface area (Å²) in [6.45, 7) is 0.653. The highest BCUT2D eigenvalue weighted by Crippen LogP contribution is 2.39. The lowest BCUT2D eigenvalue weighted by molar-refractivity contribution is -0.119. The minimum Gasteiger partial charge on any atom is -0.373 e. The van der Waals surface area contributed by atoms with Gasteiger partial charge >= 0.3 is 0 Å². The summed E-state index contributed by atoms with van der Waals surface area (Å²) >= 11 is 1.41. The van der Waals surface area contributed by atoms with Crippen LogP contribution in [0.3, 0.4) is 0 Å². The van der Waals surface area contributed by atoms with Crippen LogP contribution in [0.15, 0.2) is 11.5 Å². The van der Waals surface area contributed by atoms with Crippen LogP contribution in [0.25, 0.3) is 0 Å². The number of aromatic nitrogens is 3. The summed E-state index contributed by atoms with van der Waals surface area (Å²) in [7, 11) is 1.87. The fraction of sp³-hybridized carbons (Fsp3) is 0.786. The van der Waals surface area contributed by atoms with Crippen molar-refractivity contribution < 1.29 is 9.53 Å². The van der Waals surface area contributed by atoms with E-state index in [1.54, 1.807) is 6.33 Å². The van der Waals surface area contributed by atoms with Crippen molar-refractivity contribution in [3.05, 3.63) is 6.33 Å². The van der Waals surface area contributed by atoms with Crippen molar-refractivity contribution in [3.8, 4) is 0 Å². The number of hydrogen-bond donors (Lipinski definition) is 1. The topological polar surface area (TPSA) is 69.0 Å². The van der Waals surface area contributed by atoms with Crippen molar-refractivity contribution in [2.45, 2.75) is 55.3 Å². The van der Waals surface area contributed by atoms with Gasteiger partial charge in [0.05, 0.1) is 24.0 Å². The highest BCUT2D eigenvalue weighted by molar-refractivity contribution is 7.99. The Morgan fingerprint density at radius 3 is 3.05 bits per heavy atom. The Hall–Kier alpha value is -1.08. The Morgan fingerprint density at radius 2 is 2.33 bits per heavy atom. The minimum atomic E-state index is 0.0458. The number of thioether (sulfide) groups is 1. The summed E-state index contributed by atoms with van der Waals surface area (Å²) in [4.78, 5) is 12.0. The second kappa shape index (κ2) is 6.36. The van der Waals surface area contributed by atoms with Gasteiger partial charge in [-0.15, -0.1) is 10.2 Å². The van der Waals surface area contributed by atoms with E-state index >= 15 is 0 Å². The minimum absolute atomic E-state index is 0.0458. The average molecular weight is 310 g/mol. The average Bonchev–Trinajstić information content (AvgIpc) is 3.05. The van der Waals surface area contributed by atoms with Gasteiger partial charge in [-0.1, -0.05) is 31.0 Å². The van der Waals surface area contributed by atoms with E-state index in [1.165, 1.54) is 31.0 Å². The molecule has 1 saturated carbocycles. The monoisotopic (exact) mass is 310 g/mol. The number of hydrogen-bond acceptors (Lipinski definition) is 5. The Kier molecular flexibility index (Phi) is 4.49. The predicted molar refractivity (Wildman–Crippen MR) is 80.0 cm³/mol. The van der Waals surface area contributed by atoms with E-state index in [0.29, 0.717) is 12.4 Å². The molecule has 6 nitrogen and oxygen atoms in total. The van der Waals surface area contributed by atoms with Gasteiger partial charge in [0.2, 0.25) is 5.91 Å². The third-order valence-electron chi connectivity index (χ3n) is 4.34. The van der Waals surface area contributed by atoms with Crippen LogP contribution in [0.4, 0.5) is 0 Å². The highest BCUT2D eigenvalue weighted by Gasteiger charge is 2.41. The molecule has 7 heteroatoms. The third kappa shape index (κ3) is 3.58. The van der Waals surface area contributed by atoms with Gasteiger partial charge < -0.3 is 14.6 Å². The van der Waals surface area contributed by atoms with Crippen LogP contribution in [0, 0.1) is 0 Å². The van der Waals surface area contributed by atoms with Crippen LogP contribution >= 0.6 is 11.8 Å². The molecule has 1 aliphatic carbocycles. The number of carbonyl (C=O) groups is 1. The van der Waals surface area contributed by atoms with Crippen molar-refractivity contribution in [3.63, 3.8) is 0 Å². The molecule has 1 spiro atoms. The molecule has 0 bridgehead atoms. The number of carbonyl (C=O) groups excluding carboxylic acids is 1. The lowest BCUT2D eigenvalue weighted by Gasteiger charge is -2.32. The lowest BCUT2D eigenvalue weighted by Crippen LogP contribution is -2.38. The summed E-state index contributed by atoms with van der Waals surface area (Å²) in [6, 6.07) is 0.163. The van der Waals surface area contributed by atoms with E-state index in [0.717, 1.165) is 24.4 Å². The molecule has 1 unspecified atom stereocenters. The first-order valence-corrected chi connectivity index (χ1v) is 8.56. The fourth-order valence-electron chi connectivity index (χ4n) is 3.28. The molecule has 1 amide bonds. The van der Waals surface area contributed by atoms with Gasteiger partial charge in [0.15, 0.2) is 5.16 Å². The zero-order valence-electron chi connectivity index (χ0n) is 12.4. The van der Waals surface area contributed by atoms with Crippen molar-refractivity contribution >= 4 is 17.7 Å². The molecule has 2 heterocycles. The molecule has 1 aromatic rings. The zero-order valence-corrected chi connectivity index (χ0v) is 13.2. The highest BCUT2D eigenvalue weighted by atomic mass is 32.2. The molecule has 2 fully saturated rings. The Balaban J connectivity index is 1.44. The largest absolute Gasteiger partial charge is 0.373 e. The van der Waals surface area contributed by atoms with Crippen LogP contribution in [0.2, 0.25) is 0 Å². The van der Waals surface area contributed by atoms with Crippen molar-refractivity contribution in [2.24, 2.45) is 7.05 Å². The van der Waals surface area contributed by atoms with E-state index in [1.807, 2.05) is 11.6 Å². The number of ether oxygens (including phenoxy) is 1. The van der Waals surface area contributed by atoms with Gasteiger partial charge in [0.1, 0.15) is 6.33 Å². The number of nitrogens with zero attached hydrogens (tertiary/aromatic N) is 3. The molecule has 1 N–H and O–H groups in total. The Bertz CT molecular complexity index is 499. The second-order valence-corrected chi connectivity index (χ2v) is 6.98. The molecular formula is C14H22N4O2S. The van der Waals surface area contributed by atoms with Crippen LogP contribution in [-0.2, 0) is 16.6 Å². The number of amides is 1. The van der Waals surface area contributed by atoms with E-state index in [2.05, 4.69) is 15.5 Å². The van der Waals surface area contributed by atoms with Gasteiger partial charge in [0.25, 0.3) is 0 Å². The Labute approximate surface area is 129 Å². The van der Waals surface area contributed by atoms with Gasteiger partial charge in [-0.2, -0.15) is 0 Å². The van der Waals surface area contributed by atoms with Gasteiger partial charge in [-0.05, 0) is 19.3 Å². The molecule has 3 rings (SSSR count). The quantitative estimate of drug-likeness (QED) is 0.854. The molecule has 1 atom stereocenters.